The van der Waals surface area contributed by atoms with Crippen molar-refractivity contribution in [1.29, 1.82) is 0 Å². The Balaban J connectivity index is 1.91. The number of aliphatic hydroxyl groups is 3. The maximum absolute atomic E-state index is 12.8. The molecule has 8 atom stereocenters. The van der Waals surface area contributed by atoms with Crippen molar-refractivity contribution in [3.05, 3.63) is 0 Å². The molecular formula is C20H30O6. The van der Waals surface area contributed by atoms with E-state index >= 15 is 0 Å². The topological polar surface area (TPSA) is 115 Å². The summed E-state index contributed by atoms with van der Waals surface area (Å²) >= 11 is 0. The normalized spacial score (nSPS) is 58.8. The highest BCUT2D eigenvalue weighted by Gasteiger charge is 2.80. The van der Waals surface area contributed by atoms with E-state index in [9.17, 15) is 30.0 Å². The summed E-state index contributed by atoms with van der Waals surface area (Å²) in [6, 6.07) is 0. The molecule has 0 aromatic rings. The Hall–Kier alpha value is -0.980. The van der Waals surface area contributed by atoms with E-state index in [0.717, 1.165) is 0 Å². The molecule has 2 bridgehead atoms. The van der Waals surface area contributed by atoms with E-state index in [4.69, 9.17) is 0 Å². The summed E-state index contributed by atoms with van der Waals surface area (Å²) in [5, 5.41) is 44.0. The van der Waals surface area contributed by atoms with Crippen LogP contribution < -0.4 is 0 Å². The van der Waals surface area contributed by atoms with Crippen LogP contribution in [0.4, 0.5) is 0 Å². The summed E-state index contributed by atoms with van der Waals surface area (Å²) in [6.07, 6.45) is 0.710. The van der Waals surface area contributed by atoms with Crippen LogP contribution in [0, 0.1) is 27.6 Å². The van der Waals surface area contributed by atoms with Gasteiger partial charge in [-0.2, -0.15) is 0 Å². The third-order valence-electron chi connectivity index (χ3n) is 9.13. The molecule has 146 valence electrons. The highest BCUT2D eigenvalue weighted by Crippen LogP contribution is 2.74. The predicted molar refractivity (Wildman–Crippen MR) is 92.2 cm³/mol. The Bertz CT molecular complexity index is 692. The molecule has 6 heteroatoms. The molecule has 4 N–H and O–H groups in total. The van der Waals surface area contributed by atoms with Crippen LogP contribution in [-0.2, 0) is 9.59 Å². The first-order valence-electron chi connectivity index (χ1n) is 9.75. The molecule has 0 saturated heterocycles. The molecule has 26 heavy (non-hydrogen) atoms. The molecule has 0 aliphatic heterocycles. The monoisotopic (exact) mass is 366 g/mol. The van der Waals surface area contributed by atoms with Gasteiger partial charge in [-0.15, -0.1) is 0 Å². The van der Waals surface area contributed by atoms with Crippen molar-refractivity contribution >= 4 is 11.8 Å². The average Bonchev–Trinajstić information content (AvgIpc) is 2.71. The van der Waals surface area contributed by atoms with Gasteiger partial charge in [-0.3, -0.25) is 9.59 Å². The van der Waals surface area contributed by atoms with Crippen LogP contribution in [0.25, 0.3) is 0 Å². The van der Waals surface area contributed by atoms with Crippen molar-refractivity contribution in [1.82, 2.24) is 0 Å². The lowest BCUT2D eigenvalue weighted by Gasteiger charge is -2.69. The SMILES string of the molecule is C[C@]12C[C@H](O)[C@]3(O)[C@](CC[C@@H]4[C@](C)(C(=O)O)CCC[C@]43C)(C1)[C@H](O)C2=O. The first-order valence-corrected chi connectivity index (χ1v) is 9.75. The number of aliphatic hydroxyl groups excluding tert-OH is 2. The minimum atomic E-state index is -1.66. The number of aliphatic carboxylic acids is 1. The lowest BCUT2D eigenvalue weighted by Crippen LogP contribution is -2.75. The molecule has 0 aromatic carbocycles. The Labute approximate surface area is 153 Å². The molecule has 1 spiro atoms. The second-order valence-electron chi connectivity index (χ2n) is 10.2. The number of rotatable bonds is 1. The van der Waals surface area contributed by atoms with Gasteiger partial charge in [0.05, 0.1) is 11.5 Å². The molecule has 4 aliphatic rings. The van der Waals surface area contributed by atoms with Gasteiger partial charge in [-0.05, 0) is 51.4 Å². The molecule has 4 saturated carbocycles. The van der Waals surface area contributed by atoms with Crippen molar-refractivity contribution in [3.63, 3.8) is 0 Å². The fourth-order valence-corrected chi connectivity index (χ4v) is 7.87. The highest BCUT2D eigenvalue weighted by atomic mass is 16.4. The summed E-state index contributed by atoms with van der Waals surface area (Å²) in [7, 11) is 0. The lowest BCUT2D eigenvalue weighted by atomic mass is 9.37. The number of carbonyl (C=O) groups is 2. The molecule has 4 rings (SSSR count). The van der Waals surface area contributed by atoms with Gasteiger partial charge in [-0.1, -0.05) is 20.3 Å². The zero-order valence-electron chi connectivity index (χ0n) is 15.8. The van der Waals surface area contributed by atoms with Crippen molar-refractivity contribution in [3.8, 4) is 0 Å². The highest BCUT2D eigenvalue weighted by molar-refractivity contribution is 5.93. The lowest BCUT2D eigenvalue weighted by molar-refractivity contribution is -0.314. The van der Waals surface area contributed by atoms with Crippen LogP contribution in [0.3, 0.4) is 0 Å². The summed E-state index contributed by atoms with van der Waals surface area (Å²) < 4.78 is 0. The quantitative estimate of drug-likeness (QED) is 0.559. The number of fused-ring (bicyclic) bond motifs is 3. The molecule has 0 amide bonds. The third kappa shape index (κ3) is 1.66. The number of Topliss-reactive ketones (excluding diaryl/α,β-unsaturated/α-hetero) is 1. The van der Waals surface area contributed by atoms with E-state index < -0.39 is 45.4 Å². The predicted octanol–water partition coefficient (Wildman–Crippen LogP) is 1.50. The van der Waals surface area contributed by atoms with Crippen molar-refractivity contribution in [2.75, 3.05) is 0 Å². The molecular weight excluding hydrogens is 336 g/mol. The van der Waals surface area contributed by atoms with Gasteiger partial charge in [-0.25, -0.2) is 0 Å². The number of hydrogen-bond acceptors (Lipinski definition) is 5. The standard InChI is InChI=1S/C20H30O6/c1-16-9-12(21)20(26)18(3)7-4-6-17(2,15(24)25)11(18)5-8-19(20,10-16)14(23)13(16)22/h11-12,14,21,23,26H,4-10H2,1-3H3,(H,24,25)/t11-,12+,14-,16+,17-,18-,19-,20-/m1/s1. The largest absolute Gasteiger partial charge is 0.481 e. The minimum absolute atomic E-state index is 0.118. The first kappa shape index (κ1) is 18.4. The summed E-state index contributed by atoms with van der Waals surface area (Å²) in [5.41, 5.74) is -5.40. The Morgan fingerprint density at radius 3 is 2.38 bits per heavy atom. The van der Waals surface area contributed by atoms with E-state index in [1.165, 1.54) is 0 Å². The number of ketones is 1. The molecule has 6 nitrogen and oxygen atoms in total. The van der Waals surface area contributed by atoms with Crippen LogP contribution in [0.2, 0.25) is 0 Å². The molecule has 0 radical (unpaired) electrons. The van der Waals surface area contributed by atoms with Crippen LogP contribution in [0.15, 0.2) is 0 Å². The van der Waals surface area contributed by atoms with Crippen LogP contribution in [0.1, 0.15) is 65.7 Å². The fraction of sp³-hybridized carbons (Fsp3) is 0.900. The number of carboxylic acid groups (broad SMARTS) is 1. The van der Waals surface area contributed by atoms with Gasteiger partial charge in [0, 0.05) is 16.2 Å². The van der Waals surface area contributed by atoms with Gasteiger partial charge in [0.2, 0.25) is 0 Å². The van der Waals surface area contributed by atoms with E-state index in [0.29, 0.717) is 38.5 Å². The zero-order chi connectivity index (χ0) is 19.3. The van der Waals surface area contributed by atoms with Gasteiger partial charge in [0.15, 0.2) is 5.78 Å². The number of carbonyl (C=O) groups excluding carboxylic acids is 1. The summed E-state index contributed by atoms with van der Waals surface area (Å²) in [5.74, 6) is -1.46. The van der Waals surface area contributed by atoms with Crippen molar-refractivity contribution < 1.29 is 30.0 Å². The van der Waals surface area contributed by atoms with E-state index in [2.05, 4.69) is 0 Å². The molecule has 0 heterocycles. The molecule has 4 aliphatic carbocycles. The fourth-order valence-electron chi connectivity index (χ4n) is 7.87. The maximum Gasteiger partial charge on any atom is 0.309 e. The number of hydrogen-bond donors (Lipinski definition) is 4. The smallest absolute Gasteiger partial charge is 0.309 e. The maximum atomic E-state index is 12.8. The molecule has 0 aromatic heterocycles. The summed E-state index contributed by atoms with van der Waals surface area (Å²) in [4.78, 5) is 24.9. The van der Waals surface area contributed by atoms with E-state index in [-0.39, 0.29) is 18.1 Å². The van der Waals surface area contributed by atoms with Crippen molar-refractivity contribution in [2.24, 2.45) is 27.6 Å². The Morgan fingerprint density at radius 2 is 1.77 bits per heavy atom. The van der Waals surface area contributed by atoms with Crippen LogP contribution in [-0.4, -0.2) is 50.0 Å². The van der Waals surface area contributed by atoms with E-state index in [1.807, 2.05) is 6.92 Å². The Morgan fingerprint density at radius 1 is 1.12 bits per heavy atom. The van der Waals surface area contributed by atoms with Gasteiger partial charge in [0.1, 0.15) is 11.7 Å². The number of carboxylic acids is 1. The van der Waals surface area contributed by atoms with Gasteiger partial charge < -0.3 is 20.4 Å². The summed E-state index contributed by atoms with van der Waals surface area (Å²) in [6.45, 7) is 5.39. The van der Waals surface area contributed by atoms with Gasteiger partial charge in [0.25, 0.3) is 0 Å². The van der Waals surface area contributed by atoms with Crippen molar-refractivity contribution in [2.45, 2.75) is 83.5 Å². The van der Waals surface area contributed by atoms with Crippen LogP contribution in [0.5, 0.6) is 0 Å². The molecule has 0 unspecified atom stereocenters. The van der Waals surface area contributed by atoms with E-state index in [1.54, 1.807) is 13.8 Å². The van der Waals surface area contributed by atoms with Crippen LogP contribution >= 0.6 is 0 Å². The van der Waals surface area contributed by atoms with Gasteiger partial charge >= 0.3 is 5.97 Å². The third-order valence-corrected chi connectivity index (χ3v) is 9.13. The second kappa shape index (κ2) is 4.89. The Kier molecular flexibility index (Phi) is 3.46. The molecule has 4 fully saturated rings. The zero-order valence-corrected chi connectivity index (χ0v) is 15.8. The second-order valence-corrected chi connectivity index (χ2v) is 10.2. The minimum Gasteiger partial charge on any atom is -0.481 e. The first-order chi connectivity index (χ1) is 11.9. The average molecular weight is 366 g/mol.